The summed E-state index contributed by atoms with van der Waals surface area (Å²) < 4.78 is 4.73. The van der Waals surface area contributed by atoms with E-state index in [4.69, 9.17) is 14.9 Å². The summed E-state index contributed by atoms with van der Waals surface area (Å²) in [5, 5.41) is 19.6. The van der Waals surface area contributed by atoms with Crippen LogP contribution in [0.25, 0.3) is 0 Å². The Balaban J connectivity index is 3.30. The Hall–Kier alpha value is -0.810. The van der Waals surface area contributed by atoms with E-state index in [-0.39, 0.29) is 13.2 Å². The molecule has 1 unspecified atom stereocenters. The summed E-state index contributed by atoms with van der Waals surface area (Å²) in [6.45, 7) is 2.03. The van der Waals surface area contributed by atoms with Gasteiger partial charge in [-0.15, -0.1) is 0 Å². The number of unbranched alkanes of at least 4 members (excludes halogenated alkanes) is 1. The zero-order valence-corrected chi connectivity index (χ0v) is 7.82. The van der Waals surface area contributed by atoms with Crippen molar-refractivity contribution >= 4 is 6.09 Å². The van der Waals surface area contributed by atoms with E-state index < -0.39 is 12.2 Å². The molecule has 5 nitrogen and oxygen atoms in total. The van der Waals surface area contributed by atoms with Crippen molar-refractivity contribution in [1.82, 2.24) is 5.32 Å². The number of aliphatic hydroxyl groups excluding tert-OH is 2. The Morgan fingerprint density at radius 3 is 2.85 bits per heavy atom. The first kappa shape index (κ1) is 12.2. The molecule has 0 saturated carbocycles. The first-order valence-corrected chi connectivity index (χ1v) is 4.40. The summed E-state index contributed by atoms with van der Waals surface area (Å²) in [4.78, 5) is 10.8. The van der Waals surface area contributed by atoms with E-state index in [1.54, 1.807) is 0 Å². The van der Waals surface area contributed by atoms with Gasteiger partial charge in [-0.2, -0.15) is 0 Å². The van der Waals surface area contributed by atoms with Crippen molar-refractivity contribution in [3.05, 3.63) is 0 Å². The van der Waals surface area contributed by atoms with E-state index in [0.717, 1.165) is 12.8 Å². The van der Waals surface area contributed by atoms with Crippen LogP contribution in [0, 0.1) is 0 Å². The molecule has 0 spiro atoms. The van der Waals surface area contributed by atoms with Crippen molar-refractivity contribution in [3.8, 4) is 0 Å². The van der Waals surface area contributed by atoms with Crippen molar-refractivity contribution in [1.29, 1.82) is 0 Å². The second-order valence-electron chi connectivity index (χ2n) is 2.71. The molecule has 0 fully saturated rings. The number of alkyl carbamates (subject to hydrolysis) is 1. The predicted octanol–water partition coefficient (Wildman–Crippen LogP) is -0.134. The SMILES string of the molecule is CCCCOC(=O)NCC(O)CO. The highest BCUT2D eigenvalue weighted by Crippen LogP contribution is 1.88. The van der Waals surface area contributed by atoms with Crippen LogP contribution in [-0.4, -0.2) is 42.2 Å². The lowest BCUT2D eigenvalue weighted by atomic mass is 10.4. The highest BCUT2D eigenvalue weighted by Gasteiger charge is 2.05. The van der Waals surface area contributed by atoms with Gasteiger partial charge in [0.05, 0.1) is 19.3 Å². The van der Waals surface area contributed by atoms with Crippen molar-refractivity contribution in [3.63, 3.8) is 0 Å². The van der Waals surface area contributed by atoms with Gasteiger partial charge in [0.1, 0.15) is 0 Å². The maximum absolute atomic E-state index is 10.8. The first-order valence-electron chi connectivity index (χ1n) is 4.40. The third kappa shape index (κ3) is 7.55. The van der Waals surface area contributed by atoms with Crippen molar-refractivity contribution in [2.45, 2.75) is 25.9 Å². The lowest BCUT2D eigenvalue weighted by Gasteiger charge is -2.09. The Morgan fingerprint density at radius 1 is 1.62 bits per heavy atom. The van der Waals surface area contributed by atoms with E-state index in [1.807, 2.05) is 6.92 Å². The average molecular weight is 191 g/mol. The van der Waals surface area contributed by atoms with Gasteiger partial charge in [0.25, 0.3) is 0 Å². The van der Waals surface area contributed by atoms with E-state index in [2.05, 4.69) is 5.32 Å². The summed E-state index contributed by atoms with van der Waals surface area (Å²) in [5.74, 6) is 0. The van der Waals surface area contributed by atoms with Crippen LogP contribution >= 0.6 is 0 Å². The van der Waals surface area contributed by atoms with Gasteiger partial charge in [0, 0.05) is 6.54 Å². The number of aliphatic hydroxyl groups is 2. The minimum Gasteiger partial charge on any atom is -0.450 e. The van der Waals surface area contributed by atoms with E-state index in [1.165, 1.54) is 0 Å². The maximum Gasteiger partial charge on any atom is 0.407 e. The van der Waals surface area contributed by atoms with Crippen LogP contribution in [0.4, 0.5) is 4.79 Å². The van der Waals surface area contributed by atoms with Gasteiger partial charge in [0.15, 0.2) is 0 Å². The van der Waals surface area contributed by atoms with Crippen molar-refractivity contribution in [2.75, 3.05) is 19.8 Å². The van der Waals surface area contributed by atoms with Crippen LogP contribution < -0.4 is 5.32 Å². The highest BCUT2D eigenvalue weighted by molar-refractivity contribution is 5.67. The summed E-state index contributed by atoms with van der Waals surface area (Å²) >= 11 is 0. The lowest BCUT2D eigenvalue weighted by molar-refractivity contribution is 0.0884. The monoisotopic (exact) mass is 191 g/mol. The van der Waals surface area contributed by atoms with Crippen molar-refractivity contribution in [2.24, 2.45) is 0 Å². The molecule has 0 radical (unpaired) electrons. The zero-order chi connectivity index (χ0) is 10.1. The number of hydrogen-bond donors (Lipinski definition) is 3. The number of amides is 1. The third-order valence-electron chi connectivity index (χ3n) is 1.42. The van der Waals surface area contributed by atoms with Gasteiger partial charge < -0.3 is 20.3 Å². The second kappa shape index (κ2) is 7.82. The molecule has 78 valence electrons. The van der Waals surface area contributed by atoms with Gasteiger partial charge in [0.2, 0.25) is 0 Å². The van der Waals surface area contributed by atoms with Crippen LogP contribution in [0.1, 0.15) is 19.8 Å². The highest BCUT2D eigenvalue weighted by atomic mass is 16.5. The summed E-state index contributed by atoms with van der Waals surface area (Å²) in [6.07, 6.45) is 0.322. The quantitative estimate of drug-likeness (QED) is 0.511. The average Bonchev–Trinajstić information content (AvgIpc) is 2.14. The maximum atomic E-state index is 10.8. The molecule has 1 amide bonds. The van der Waals surface area contributed by atoms with Gasteiger partial charge in [-0.05, 0) is 6.42 Å². The second-order valence-corrected chi connectivity index (χ2v) is 2.71. The minimum atomic E-state index is -0.918. The molecule has 0 rings (SSSR count). The molecule has 0 aliphatic heterocycles. The Bertz CT molecular complexity index is 140. The normalized spacial score (nSPS) is 12.2. The zero-order valence-electron chi connectivity index (χ0n) is 7.82. The van der Waals surface area contributed by atoms with Gasteiger partial charge in [-0.3, -0.25) is 0 Å². The Kier molecular flexibility index (Phi) is 7.33. The number of nitrogens with one attached hydrogen (secondary N) is 1. The summed E-state index contributed by atoms with van der Waals surface area (Å²) in [5.41, 5.74) is 0. The Labute approximate surface area is 77.7 Å². The number of carbonyl (C=O) groups excluding carboxylic acids is 1. The molecule has 0 aliphatic rings. The molecule has 0 aromatic rings. The fourth-order valence-corrected chi connectivity index (χ4v) is 0.626. The van der Waals surface area contributed by atoms with Crippen LogP contribution in [0.5, 0.6) is 0 Å². The first-order chi connectivity index (χ1) is 6.20. The molecule has 0 saturated heterocycles. The number of rotatable bonds is 6. The molecule has 13 heavy (non-hydrogen) atoms. The fourth-order valence-electron chi connectivity index (χ4n) is 0.626. The molecule has 5 heteroatoms. The Morgan fingerprint density at radius 2 is 2.31 bits per heavy atom. The topological polar surface area (TPSA) is 78.8 Å². The van der Waals surface area contributed by atoms with Crippen LogP contribution in [0.3, 0.4) is 0 Å². The van der Waals surface area contributed by atoms with Crippen LogP contribution in [0.15, 0.2) is 0 Å². The number of ether oxygens (including phenoxy) is 1. The van der Waals surface area contributed by atoms with Crippen LogP contribution in [-0.2, 0) is 4.74 Å². The molecule has 3 N–H and O–H groups in total. The summed E-state index contributed by atoms with van der Waals surface area (Å²) in [6, 6.07) is 0. The smallest absolute Gasteiger partial charge is 0.407 e. The minimum absolute atomic E-state index is 0.0153. The molecule has 0 aliphatic carbocycles. The molecule has 1 atom stereocenters. The van der Waals surface area contributed by atoms with E-state index >= 15 is 0 Å². The summed E-state index contributed by atoms with van der Waals surface area (Å²) in [7, 11) is 0. The van der Waals surface area contributed by atoms with Gasteiger partial charge >= 0.3 is 6.09 Å². The number of hydrogen-bond acceptors (Lipinski definition) is 4. The fraction of sp³-hybridized carbons (Fsp3) is 0.875. The van der Waals surface area contributed by atoms with Crippen LogP contribution in [0.2, 0.25) is 0 Å². The largest absolute Gasteiger partial charge is 0.450 e. The van der Waals surface area contributed by atoms with Crippen molar-refractivity contribution < 1.29 is 19.7 Å². The molecular weight excluding hydrogens is 174 g/mol. The third-order valence-corrected chi connectivity index (χ3v) is 1.42. The predicted molar refractivity (Wildman–Crippen MR) is 47.4 cm³/mol. The standard InChI is InChI=1S/C8H17NO4/c1-2-3-4-13-8(12)9-5-7(11)6-10/h7,10-11H,2-6H2,1H3,(H,9,12). The molecular formula is C8H17NO4. The van der Waals surface area contributed by atoms with Gasteiger partial charge in [-0.1, -0.05) is 13.3 Å². The van der Waals surface area contributed by atoms with E-state index in [0.29, 0.717) is 6.61 Å². The number of carbonyl (C=O) groups is 1. The molecule has 0 heterocycles. The molecule has 0 bridgehead atoms. The lowest BCUT2D eigenvalue weighted by Crippen LogP contribution is -2.34. The van der Waals surface area contributed by atoms with Gasteiger partial charge in [-0.25, -0.2) is 4.79 Å². The molecule has 0 aromatic carbocycles. The van der Waals surface area contributed by atoms with E-state index in [9.17, 15) is 4.79 Å². The molecule has 0 aromatic heterocycles.